The van der Waals surface area contributed by atoms with Crippen LogP contribution >= 0.6 is 0 Å². The molecule has 2 aromatic rings. The van der Waals surface area contributed by atoms with Gasteiger partial charge in [-0.25, -0.2) is 4.39 Å². The predicted octanol–water partition coefficient (Wildman–Crippen LogP) is 2.14. The van der Waals surface area contributed by atoms with Gasteiger partial charge in [-0.05, 0) is 23.3 Å². The van der Waals surface area contributed by atoms with Crippen molar-refractivity contribution >= 4 is 5.91 Å². The molecule has 2 rings (SSSR count). The molecule has 0 saturated heterocycles. The van der Waals surface area contributed by atoms with Gasteiger partial charge in [0.25, 0.3) is 0 Å². The molecule has 0 unspecified atom stereocenters. The highest BCUT2D eigenvalue weighted by Crippen LogP contribution is 2.13. The molecule has 3 N–H and O–H groups in total. The minimum Gasteiger partial charge on any atom is -0.368 e. The maximum absolute atomic E-state index is 12.8. The second-order valence-electron chi connectivity index (χ2n) is 4.25. The first-order valence-electron chi connectivity index (χ1n) is 5.99. The van der Waals surface area contributed by atoms with E-state index >= 15 is 0 Å². The van der Waals surface area contributed by atoms with Gasteiger partial charge in [0.1, 0.15) is 11.9 Å². The van der Waals surface area contributed by atoms with Gasteiger partial charge < -0.3 is 5.73 Å². The Kier molecular flexibility index (Phi) is 4.26. The van der Waals surface area contributed by atoms with E-state index in [1.165, 1.54) is 12.1 Å². The van der Waals surface area contributed by atoms with Crippen molar-refractivity contribution in [1.82, 2.24) is 5.32 Å². The van der Waals surface area contributed by atoms with Gasteiger partial charge in [0, 0.05) is 6.54 Å². The van der Waals surface area contributed by atoms with Crippen LogP contribution in [0, 0.1) is 5.82 Å². The fourth-order valence-electron chi connectivity index (χ4n) is 1.85. The number of hydrogen-bond acceptors (Lipinski definition) is 2. The Morgan fingerprint density at radius 1 is 1.11 bits per heavy atom. The number of rotatable bonds is 5. The lowest BCUT2D eigenvalue weighted by Crippen LogP contribution is -2.33. The van der Waals surface area contributed by atoms with Crippen molar-refractivity contribution < 1.29 is 9.18 Å². The summed E-state index contributed by atoms with van der Waals surface area (Å²) < 4.78 is 12.8. The minimum atomic E-state index is -0.550. The molecule has 0 spiro atoms. The number of amides is 1. The Balaban J connectivity index is 2.06. The van der Waals surface area contributed by atoms with E-state index in [-0.39, 0.29) is 5.82 Å². The molecule has 0 radical (unpaired) electrons. The average Bonchev–Trinajstić information content (AvgIpc) is 2.42. The molecule has 2 aromatic carbocycles. The van der Waals surface area contributed by atoms with Gasteiger partial charge in [-0.3, -0.25) is 10.1 Å². The highest BCUT2D eigenvalue weighted by atomic mass is 19.1. The average molecular weight is 258 g/mol. The van der Waals surface area contributed by atoms with E-state index in [1.807, 2.05) is 30.3 Å². The maximum atomic E-state index is 12.8. The molecular formula is C15H15FN2O. The van der Waals surface area contributed by atoms with Gasteiger partial charge >= 0.3 is 0 Å². The molecule has 0 aliphatic heterocycles. The lowest BCUT2D eigenvalue weighted by molar-refractivity contribution is -0.120. The van der Waals surface area contributed by atoms with Gasteiger partial charge in [-0.1, -0.05) is 42.5 Å². The lowest BCUT2D eigenvalue weighted by Gasteiger charge is -2.15. The molecule has 19 heavy (non-hydrogen) atoms. The van der Waals surface area contributed by atoms with Crippen LogP contribution in [-0.4, -0.2) is 5.91 Å². The topological polar surface area (TPSA) is 55.1 Å². The molecule has 1 amide bonds. The third-order valence-corrected chi connectivity index (χ3v) is 2.84. The van der Waals surface area contributed by atoms with Gasteiger partial charge in [-0.15, -0.1) is 0 Å². The van der Waals surface area contributed by atoms with Crippen LogP contribution in [0.15, 0.2) is 54.6 Å². The van der Waals surface area contributed by atoms with Crippen LogP contribution in [0.1, 0.15) is 17.2 Å². The highest BCUT2D eigenvalue weighted by Gasteiger charge is 2.16. The minimum absolute atomic E-state index is 0.279. The summed E-state index contributed by atoms with van der Waals surface area (Å²) in [5.74, 6) is -0.716. The summed E-state index contributed by atoms with van der Waals surface area (Å²) in [6, 6.07) is 14.8. The van der Waals surface area contributed by atoms with Crippen molar-refractivity contribution in [3.05, 3.63) is 71.5 Å². The van der Waals surface area contributed by atoms with Crippen LogP contribution in [0.3, 0.4) is 0 Å². The van der Waals surface area contributed by atoms with E-state index in [0.29, 0.717) is 6.54 Å². The molecule has 1 atom stereocenters. The molecule has 0 heterocycles. The number of primary amides is 1. The summed E-state index contributed by atoms with van der Waals surface area (Å²) in [5.41, 5.74) is 7.10. The molecule has 0 aromatic heterocycles. The van der Waals surface area contributed by atoms with Crippen LogP contribution in [0.4, 0.5) is 4.39 Å². The van der Waals surface area contributed by atoms with E-state index in [0.717, 1.165) is 11.1 Å². The van der Waals surface area contributed by atoms with E-state index in [9.17, 15) is 9.18 Å². The standard InChI is InChI=1S/C15H15FN2O/c16-13-8-6-11(7-9-13)10-18-14(15(17)19)12-4-2-1-3-5-12/h1-9,14,18H,10H2,(H2,17,19)/t14-/m0/s1. The molecule has 0 aliphatic carbocycles. The van der Waals surface area contributed by atoms with E-state index in [4.69, 9.17) is 5.73 Å². The quantitative estimate of drug-likeness (QED) is 0.863. The van der Waals surface area contributed by atoms with E-state index in [1.54, 1.807) is 12.1 Å². The monoisotopic (exact) mass is 258 g/mol. The number of benzene rings is 2. The third-order valence-electron chi connectivity index (χ3n) is 2.84. The van der Waals surface area contributed by atoms with Gasteiger partial charge in [0.2, 0.25) is 5.91 Å². The van der Waals surface area contributed by atoms with E-state index < -0.39 is 11.9 Å². The summed E-state index contributed by atoms with van der Waals surface area (Å²) in [7, 11) is 0. The molecular weight excluding hydrogens is 243 g/mol. The molecule has 98 valence electrons. The van der Waals surface area contributed by atoms with Crippen molar-refractivity contribution in [1.29, 1.82) is 0 Å². The number of carbonyl (C=O) groups excluding carboxylic acids is 1. The number of nitrogens with two attached hydrogens (primary N) is 1. The lowest BCUT2D eigenvalue weighted by atomic mass is 10.1. The van der Waals surface area contributed by atoms with Gasteiger partial charge in [-0.2, -0.15) is 0 Å². The van der Waals surface area contributed by atoms with Crippen molar-refractivity contribution in [3.8, 4) is 0 Å². The Morgan fingerprint density at radius 3 is 2.32 bits per heavy atom. The van der Waals surface area contributed by atoms with Crippen molar-refractivity contribution in [2.45, 2.75) is 12.6 Å². The first-order valence-corrected chi connectivity index (χ1v) is 5.99. The molecule has 0 fully saturated rings. The second-order valence-corrected chi connectivity index (χ2v) is 4.25. The summed E-state index contributed by atoms with van der Waals surface area (Å²) in [6.07, 6.45) is 0. The number of nitrogens with one attached hydrogen (secondary N) is 1. The van der Waals surface area contributed by atoms with Crippen molar-refractivity contribution in [3.63, 3.8) is 0 Å². The Bertz CT molecular complexity index is 540. The zero-order chi connectivity index (χ0) is 13.7. The Hall–Kier alpha value is -2.20. The second kappa shape index (κ2) is 6.11. The van der Waals surface area contributed by atoms with Crippen LogP contribution in [-0.2, 0) is 11.3 Å². The Labute approximate surface area is 111 Å². The number of carbonyl (C=O) groups is 1. The summed E-state index contributed by atoms with van der Waals surface area (Å²) in [4.78, 5) is 11.5. The SMILES string of the molecule is NC(=O)[C@@H](NCc1ccc(F)cc1)c1ccccc1. The fourth-order valence-corrected chi connectivity index (χ4v) is 1.85. The van der Waals surface area contributed by atoms with Gasteiger partial charge in [0.05, 0.1) is 0 Å². The highest BCUT2D eigenvalue weighted by molar-refractivity contribution is 5.81. The molecule has 3 nitrogen and oxygen atoms in total. The van der Waals surface area contributed by atoms with Crippen LogP contribution in [0.2, 0.25) is 0 Å². The summed E-state index contributed by atoms with van der Waals surface area (Å²) in [5, 5.41) is 3.07. The molecule has 0 saturated carbocycles. The first-order chi connectivity index (χ1) is 9.16. The van der Waals surface area contributed by atoms with Crippen molar-refractivity contribution in [2.24, 2.45) is 5.73 Å². The predicted molar refractivity (Wildman–Crippen MR) is 71.6 cm³/mol. The largest absolute Gasteiger partial charge is 0.368 e. The fraction of sp³-hybridized carbons (Fsp3) is 0.133. The van der Waals surface area contributed by atoms with Crippen LogP contribution < -0.4 is 11.1 Å². The first kappa shape index (κ1) is 13.2. The van der Waals surface area contributed by atoms with Crippen LogP contribution in [0.5, 0.6) is 0 Å². The summed E-state index contributed by atoms with van der Waals surface area (Å²) >= 11 is 0. The normalized spacial score (nSPS) is 12.1. The maximum Gasteiger partial charge on any atom is 0.239 e. The number of halogens is 1. The van der Waals surface area contributed by atoms with Crippen molar-refractivity contribution in [2.75, 3.05) is 0 Å². The molecule has 4 heteroatoms. The molecule has 0 aliphatic rings. The zero-order valence-electron chi connectivity index (χ0n) is 10.3. The van der Waals surface area contributed by atoms with E-state index in [2.05, 4.69) is 5.32 Å². The smallest absolute Gasteiger partial charge is 0.239 e. The third kappa shape index (κ3) is 3.63. The summed E-state index contributed by atoms with van der Waals surface area (Å²) in [6.45, 7) is 0.447. The number of hydrogen-bond donors (Lipinski definition) is 2. The Morgan fingerprint density at radius 2 is 1.74 bits per heavy atom. The van der Waals surface area contributed by atoms with Crippen LogP contribution in [0.25, 0.3) is 0 Å². The zero-order valence-corrected chi connectivity index (χ0v) is 10.3. The molecule has 0 bridgehead atoms. The van der Waals surface area contributed by atoms with Gasteiger partial charge in [0.15, 0.2) is 0 Å².